The molecule has 0 unspecified atom stereocenters. The molecular formula is C6H12N4. The van der Waals surface area contributed by atoms with E-state index in [1.54, 1.807) is 0 Å². The number of hydrogen-bond donors (Lipinski definition) is 0. The van der Waals surface area contributed by atoms with Crippen molar-refractivity contribution in [3.8, 4) is 0 Å². The lowest BCUT2D eigenvalue weighted by Crippen LogP contribution is -2.71. The molecule has 0 aliphatic carbocycles. The van der Waals surface area contributed by atoms with Gasteiger partial charge in [0.05, 0.1) is 40.0 Å². The molecule has 0 spiro atoms. The Morgan fingerprint density at radius 1 is 0.400 bits per heavy atom. The molecule has 4 bridgehead atoms. The van der Waals surface area contributed by atoms with Crippen LogP contribution in [0.5, 0.6) is 0 Å². The zero-order chi connectivity index (χ0) is 6.55. The summed E-state index contributed by atoms with van der Waals surface area (Å²) in [6.07, 6.45) is 0. The monoisotopic (exact) mass is 144 g/mol. The molecule has 0 aromatic rings. The maximum atomic E-state index is 2.47. The van der Waals surface area contributed by atoms with Crippen molar-refractivity contribution in [2.24, 2.45) is 0 Å². The standard InChI is InChI=1S/C6H12N4/c1-7-2-9-4-8(1)5-10(3-7)6-9/h1-6H2/i7+1,8+1,9+1,10+1. The van der Waals surface area contributed by atoms with Gasteiger partial charge in [0.15, 0.2) is 0 Å². The van der Waals surface area contributed by atoms with Crippen LogP contribution in [0.25, 0.3) is 0 Å². The Morgan fingerprint density at radius 2 is 0.600 bits per heavy atom. The second-order valence-electron chi connectivity index (χ2n) is 3.53. The molecule has 56 valence electrons. The highest BCUT2D eigenvalue weighted by Crippen LogP contribution is 2.20. The Balaban J connectivity index is 1.90. The van der Waals surface area contributed by atoms with Gasteiger partial charge >= 0.3 is 0 Å². The topological polar surface area (TPSA) is 13.0 Å². The summed E-state index contributed by atoms with van der Waals surface area (Å²) >= 11 is 0. The molecule has 0 atom stereocenters. The van der Waals surface area contributed by atoms with Crippen LogP contribution < -0.4 is 0 Å². The molecule has 0 aromatic heterocycles. The van der Waals surface area contributed by atoms with Gasteiger partial charge in [0.25, 0.3) is 0 Å². The lowest BCUT2D eigenvalue weighted by molar-refractivity contribution is -0.194. The first-order chi connectivity index (χ1) is 4.90. The highest BCUT2D eigenvalue weighted by molar-refractivity contribution is 4.79. The molecule has 4 nitrogen and oxygen atoms in total. The molecule has 4 saturated heterocycles. The Bertz CT molecular complexity index is 101. The average molecular weight is 144 g/mol. The van der Waals surface area contributed by atoms with Gasteiger partial charge in [-0.3, -0.25) is 19.6 Å². The molecule has 4 aliphatic rings. The van der Waals surface area contributed by atoms with E-state index in [2.05, 4.69) is 19.6 Å². The SMILES string of the molecule is C1[15N]2C[15N]3C[15N]1C[15N](C2)C3. The first-order valence-electron chi connectivity index (χ1n) is 3.79. The third-order valence-corrected chi connectivity index (χ3v) is 2.40. The maximum absolute atomic E-state index is 2.47. The third-order valence-electron chi connectivity index (χ3n) is 2.40. The highest BCUT2D eigenvalue weighted by Gasteiger charge is 2.36. The molecule has 4 fully saturated rings. The van der Waals surface area contributed by atoms with Crippen LogP contribution in [0.3, 0.4) is 0 Å². The van der Waals surface area contributed by atoms with Crippen molar-refractivity contribution < 1.29 is 0 Å². The fourth-order valence-electron chi connectivity index (χ4n) is 2.23. The fraction of sp³-hybridized carbons (Fsp3) is 1.00. The zero-order valence-electron chi connectivity index (χ0n) is 6.03. The predicted octanol–water partition coefficient (Wildman–Crippen LogP) is -1.02. The van der Waals surface area contributed by atoms with Gasteiger partial charge in [0.1, 0.15) is 0 Å². The first-order valence-corrected chi connectivity index (χ1v) is 3.79. The summed E-state index contributed by atoms with van der Waals surface area (Å²) in [4.78, 5) is 9.88. The molecular weight excluding hydrogens is 132 g/mol. The van der Waals surface area contributed by atoms with Gasteiger partial charge in [-0.05, 0) is 0 Å². The van der Waals surface area contributed by atoms with Crippen LogP contribution >= 0.6 is 0 Å². The van der Waals surface area contributed by atoms with Crippen molar-refractivity contribution in [1.82, 2.24) is 19.6 Å². The summed E-state index contributed by atoms with van der Waals surface area (Å²) in [6, 6.07) is 0. The minimum absolute atomic E-state index is 1.19. The quantitative estimate of drug-likeness (QED) is 0.403. The van der Waals surface area contributed by atoms with E-state index in [4.69, 9.17) is 0 Å². The first kappa shape index (κ1) is 5.49. The highest BCUT2D eigenvalue weighted by atomic mass is 16.4. The second-order valence-corrected chi connectivity index (χ2v) is 3.53. The maximum Gasteiger partial charge on any atom is 0.0555 e. The van der Waals surface area contributed by atoms with E-state index in [1.165, 1.54) is 40.0 Å². The summed E-state index contributed by atoms with van der Waals surface area (Å²) in [5, 5.41) is 0. The Kier molecular flexibility index (Phi) is 0.936. The summed E-state index contributed by atoms with van der Waals surface area (Å²) in [7, 11) is 0. The van der Waals surface area contributed by atoms with Crippen LogP contribution in [0.2, 0.25) is 0 Å². The summed E-state index contributed by atoms with van der Waals surface area (Å²) in [6.45, 7) is 7.12. The zero-order valence-corrected chi connectivity index (χ0v) is 6.03. The van der Waals surface area contributed by atoms with Crippen molar-refractivity contribution in [2.45, 2.75) is 0 Å². The van der Waals surface area contributed by atoms with E-state index in [1.807, 2.05) is 0 Å². The summed E-state index contributed by atoms with van der Waals surface area (Å²) in [5.74, 6) is 0. The molecule has 0 saturated carbocycles. The van der Waals surface area contributed by atoms with Gasteiger partial charge < -0.3 is 0 Å². The Labute approximate surface area is 60.6 Å². The predicted molar refractivity (Wildman–Crippen MR) is 36.6 cm³/mol. The van der Waals surface area contributed by atoms with E-state index in [0.29, 0.717) is 0 Å². The van der Waals surface area contributed by atoms with Crippen molar-refractivity contribution in [1.29, 1.82) is 0 Å². The van der Waals surface area contributed by atoms with Gasteiger partial charge in [0, 0.05) is 0 Å². The Morgan fingerprint density at radius 3 is 0.800 bits per heavy atom. The number of rotatable bonds is 0. The number of nitrogens with zero attached hydrogens (tertiary/aromatic N) is 4. The van der Waals surface area contributed by atoms with E-state index >= 15 is 0 Å². The molecule has 4 aliphatic heterocycles. The van der Waals surface area contributed by atoms with E-state index in [9.17, 15) is 0 Å². The molecule has 4 heteroatoms. The summed E-state index contributed by atoms with van der Waals surface area (Å²) < 4.78 is 0. The summed E-state index contributed by atoms with van der Waals surface area (Å²) in [5.41, 5.74) is 0. The van der Waals surface area contributed by atoms with E-state index < -0.39 is 0 Å². The molecule has 4 rings (SSSR count). The molecule has 0 aromatic carbocycles. The van der Waals surface area contributed by atoms with Gasteiger partial charge in [-0.25, -0.2) is 0 Å². The lowest BCUT2D eigenvalue weighted by Gasteiger charge is -2.56. The molecule has 0 amide bonds. The molecule has 4 heterocycles. The van der Waals surface area contributed by atoms with Gasteiger partial charge in [-0.2, -0.15) is 0 Å². The van der Waals surface area contributed by atoms with Gasteiger partial charge in [0.2, 0.25) is 0 Å². The van der Waals surface area contributed by atoms with Crippen LogP contribution in [-0.2, 0) is 0 Å². The number of hydrogen-bond acceptors (Lipinski definition) is 4. The van der Waals surface area contributed by atoms with E-state index in [-0.39, 0.29) is 0 Å². The van der Waals surface area contributed by atoms with Crippen molar-refractivity contribution >= 4 is 0 Å². The Hall–Kier alpha value is -0.160. The average Bonchev–Trinajstić information content (AvgIpc) is 1.82. The van der Waals surface area contributed by atoms with E-state index in [0.717, 1.165) is 0 Å². The van der Waals surface area contributed by atoms with Crippen molar-refractivity contribution in [3.05, 3.63) is 0 Å². The molecule has 0 N–H and O–H groups in total. The van der Waals surface area contributed by atoms with Gasteiger partial charge in [-0.15, -0.1) is 0 Å². The second kappa shape index (κ2) is 1.71. The normalized spacial score (nSPS) is 57.6. The smallest absolute Gasteiger partial charge is 0.0555 e. The third kappa shape index (κ3) is 0.645. The minimum atomic E-state index is 1.19. The van der Waals surface area contributed by atoms with Crippen LogP contribution in [-0.4, -0.2) is 59.6 Å². The van der Waals surface area contributed by atoms with Crippen LogP contribution in [0.15, 0.2) is 0 Å². The molecule has 10 heavy (non-hydrogen) atoms. The van der Waals surface area contributed by atoms with Crippen LogP contribution in [0, 0.1) is 0 Å². The molecule has 0 radical (unpaired) electrons. The van der Waals surface area contributed by atoms with Gasteiger partial charge in [-0.1, -0.05) is 0 Å². The van der Waals surface area contributed by atoms with Crippen LogP contribution in [0.1, 0.15) is 0 Å². The largest absolute Gasteiger partial charge is 0.264 e. The lowest BCUT2D eigenvalue weighted by atomic mass is 10.6. The fourth-order valence-corrected chi connectivity index (χ4v) is 2.23. The van der Waals surface area contributed by atoms with Crippen LogP contribution in [0.4, 0.5) is 0 Å². The van der Waals surface area contributed by atoms with Crippen molar-refractivity contribution in [2.75, 3.05) is 40.0 Å². The minimum Gasteiger partial charge on any atom is -0.264 e. The van der Waals surface area contributed by atoms with Crippen molar-refractivity contribution in [3.63, 3.8) is 0 Å².